The van der Waals surface area contributed by atoms with E-state index < -0.39 is 11.8 Å². The molecule has 0 aromatic carbocycles. The van der Waals surface area contributed by atoms with Crippen LogP contribution < -0.4 is 0 Å². The van der Waals surface area contributed by atoms with Crippen LogP contribution in [0.1, 0.15) is 16.1 Å². The van der Waals surface area contributed by atoms with E-state index >= 15 is 0 Å². The first kappa shape index (κ1) is 11.7. The van der Waals surface area contributed by atoms with Crippen LogP contribution in [0.5, 0.6) is 0 Å². The Bertz CT molecular complexity index is 568. The van der Waals surface area contributed by atoms with Gasteiger partial charge in [-0.2, -0.15) is 0 Å². The lowest BCUT2D eigenvalue weighted by Crippen LogP contribution is -2.02. The number of rotatable bonds is 3. The lowest BCUT2D eigenvalue weighted by molar-refractivity contribution is 0.0691. The standard InChI is InChI=1S/C11H8FNO3S/c1-6-8(3-5-16-6)17-10-9(12)7(11(14)15)2-4-13-10/h2-5H,1H3,(H,14,15). The second-order valence-electron chi connectivity index (χ2n) is 3.23. The maximum absolute atomic E-state index is 13.8. The summed E-state index contributed by atoms with van der Waals surface area (Å²) in [6, 6.07) is 2.80. The summed E-state index contributed by atoms with van der Waals surface area (Å²) >= 11 is 1.04. The van der Waals surface area contributed by atoms with E-state index in [9.17, 15) is 9.18 Å². The Morgan fingerprint density at radius 1 is 1.53 bits per heavy atom. The number of aromatic nitrogens is 1. The first-order valence-electron chi connectivity index (χ1n) is 4.69. The van der Waals surface area contributed by atoms with Gasteiger partial charge < -0.3 is 9.52 Å². The number of hydrogen-bond acceptors (Lipinski definition) is 4. The van der Waals surface area contributed by atoms with Crippen molar-refractivity contribution < 1.29 is 18.7 Å². The molecule has 2 aromatic heterocycles. The van der Waals surface area contributed by atoms with Crippen molar-refractivity contribution in [1.29, 1.82) is 0 Å². The first-order chi connectivity index (χ1) is 8.09. The predicted octanol–water partition coefficient (Wildman–Crippen LogP) is 2.97. The molecule has 0 spiro atoms. The fraction of sp³-hybridized carbons (Fsp3) is 0.0909. The van der Waals surface area contributed by atoms with E-state index in [-0.39, 0.29) is 10.6 Å². The van der Waals surface area contributed by atoms with Crippen molar-refractivity contribution in [3.8, 4) is 0 Å². The second kappa shape index (κ2) is 4.58. The van der Waals surface area contributed by atoms with E-state index in [1.54, 1.807) is 13.0 Å². The van der Waals surface area contributed by atoms with Gasteiger partial charge in [-0.15, -0.1) is 0 Å². The summed E-state index contributed by atoms with van der Waals surface area (Å²) < 4.78 is 18.8. The summed E-state index contributed by atoms with van der Waals surface area (Å²) in [6.07, 6.45) is 2.75. The molecule has 2 rings (SSSR count). The fourth-order valence-electron chi connectivity index (χ4n) is 1.24. The number of aromatic carboxylic acids is 1. The van der Waals surface area contributed by atoms with Crippen molar-refractivity contribution in [2.45, 2.75) is 16.8 Å². The number of furan rings is 1. The molecular weight excluding hydrogens is 245 g/mol. The van der Waals surface area contributed by atoms with Gasteiger partial charge in [-0.25, -0.2) is 14.2 Å². The summed E-state index contributed by atoms with van der Waals surface area (Å²) in [5.41, 5.74) is -0.386. The monoisotopic (exact) mass is 253 g/mol. The predicted molar refractivity (Wildman–Crippen MR) is 58.7 cm³/mol. The molecule has 2 heterocycles. The molecule has 88 valence electrons. The highest BCUT2D eigenvalue weighted by molar-refractivity contribution is 7.99. The Morgan fingerprint density at radius 3 is 2.88 bits per heavy atom. The molecule has 0 aliphatic rings. The van der Waals surface area contributed by atoms with Gasteiger partial charge in [-0.1, -0.05) is 11.8 Å². The topological polar surface area (TPSA) is 63.3 Å². The molecule has 0 fully saturated rings. The van der Waals surface area contributed by atoms with Gasteiger partial charge in [0.15, 0.2) is 5.82 Å². The highest BCUT2D eigenvalue weighted by Crippen LogP contribution is 2.31. The molecule has 0 saturated carbocycles. The SMILES string of the molecule is Cc1occc1Sc1nccc(C(=O)O)c1F. The number of halogens is 1. The van der Waals surface area contributed by atoms with E-state index in [0.717, 1.165) is 17.8 Å². The van der Waals surface area contributed by atoms with Crippen LogP contribution in [0.4, 0.5) is 4.39 Å². The Balaban J connectivity index is 2.37. The van der Waals surface area contributed by atoms with Crippen molar-refractivity contribution in [1.82, 2.24) is 4.98 Å². The second-order valence-corrected chi connectivity index (χ2v) is 4.26. The zero-order valence-corrected chi connectivity index (χ0v) is 9.62. The normalized spacial score (nSPS) is 10.5. The molecule has 6 heteroatoms. The molecule has 4 nitrogen and oxygen atoms in total. The average Bonchev–Trinajstić information content (AvgIpc) is 2.67. The van der Waals surface area contributed by atoms with Gasteiger partial charge in [0.25, 0.3) is 0 Å². The summed E-state index contributed by atoms with van der Waals surface area (Å²) in [4.78, 5) is 15.3. The van der Waals surface area contributed by atoms with Gasteiger partial charge in [0.2, 0.25) is 0 Å². The third kappa shape index (κ3) is 2.31. The van der Waals surface area contributed by atoms with E-state index in [4.69, 9.17) is 9.52 Å². The molecule has 0 aliphatic carbocycles. The molecule has 0 bridgehead atoms. The van der Waals surface area contributed by atoms with Gasteiger partial charge in [0, 0.05) is 6.20 Å². The molecule has 17 heavy (non-hydrogen) atoms. The quantitative estimate of drug-likeness (QED) is 0.911. The molecule has 0 aliphatic heterocycles. The lowest BCUT2D eigenvalue weighted by Gasteiger charge is -2.03. The highest BCUT2D eigenvalue weighted by atomic mass is 32.2. The van der Waals surface area contributed by atoms with E-state index in [0.29, 0.717) is 10.7 Å². The van der Waals surface area contributed by atoms with Gasteiger partial charge in [-0.05, 0) is 19.1 Å². The van der Waals surface area contributed by atoms with Crippen molar-refractivity contribution >= 4 is 17.7 Å². The number of aryl methyl sites for hydroxylation is 1. The van der Waals surface area contributed by atoms with Crippen molar-refractivity contribution in [2.24, 2.45) is 0 Å². The molecule has 0 radical (unpaired) electrons. The molecule has 2 aromatic rings. The average molecular weight is 253 g/mol. The number of nitrogens with zero attached hydrogens (tertiary/aromatic N) is 1. The van der Waals surface area contributed by atoms with Crippen LogP contribution in [0, 0.1) is 12.7 Å². The first-order valence-corrected chi connectivity index (χ1v) is 5.51. The van der Waals surface area contributed by atoms with Crippen molar-refractivity contribution in [3.05, 3.63) is 41.7 Å². The largest absolute Gasteiger partial charge is 0.478 e. The minimum Gasteiger partial charge on any atom is -0.478 e. The number of hydrogen-bond donors (Lipinski definition) is 1. The Hall–Kier alpha value is -1.82. The molecule has 0 amide bonds. The maximum Gasteiger partial charge on any atom is 0.338 e. The highest BCUT2D eigenvalue weighted by Gasteiger charge is 2.16. The minimum absolute atomic E-state index is 0.0226. The summed E-state index contributed by atoms with van der Waals surface area (Å²) in [5, 5.41) is 8.80. The van der Waals surface area contributed by atoms with E-state index in [1.807, 2.05) is 0 Å². The third-order valence-electron chi connectivity index (χ3n) is 2.11. The van der Waals surface area contributed by atoms with Crippen molar-refractivity contribution in [3.63, 3.8) is 0 Å². The van der Waals surface area contributed by atoms with Crippen LogP contribution in [-0.2, 0) is 0 Å². The van der Waals surface area contributed by atoms with Gasteiger partial charge in [-0.3, -0.25) is 0 Å². The molecule has 1 N–H and O–H groups in total. The zero-order chi connectivity index (χ0) is 12.4. The molecule has 0 unspecified atom stereocenters. The van der Waals surface area contributed by atoms with Crippen LogP contribution in [0.3, 0.4) is 0 Å². The summed E-state index contributed by atoms with van der Waals surface area (Å²) in [5.74, 6) is -1.50. The number of carboxylic acids is 1. The number of carboxylic acid groups (broad SMARTS) is 1. The van der Waals surface area contributed by atoms with Crippen molar-refractivity contribution in [2.75, 3.05) is 0 Å². The van der Waals surface area contributed by atoms with Crippen LogP contribution in [-0.4, -0.2) is 16.1 Å². The van der Waals surface area contributed by atoms with Crippen LogP contribution in [0.2, 0.25) is 0 Å². The lowest BCUT2D eigenvalue weighted by atomic mass is 10.3. The van der Waals surface area contributed by atoms with E-state index in [2.05, 4.69) is 4.98 Å². The van der Waals surface area contributed by atoms with Crippen LogP contribution in [0.25, 0.3) is 0 Å². The minimum atomic E-state index is -1.31. The molecular formula is C11H8FNO3S. The Labute approximate surface area is 100 Å². The van der Waals surface area contributed by atoms with Gasteiger partial charge in [0.1, 0.15) is 10.8 Å². The summed E-state index contributed by atoms with van der Waals surface area (Å²) in [7, 11) is 0. The molecule has 0 saturated heterocycles. The summed E-state index contributed by atoms with van der Waals surface area (Å²) in [6.45, 7) is 1.74. The van der Waals surface area contributed by atoms with Gasteiger partial charge in [0.05, 0.1) is 16.7 Å². The third-order valence-corrected chi connectivity index (χ3v) is 3.23. The van der Waals surface area contributed by atoms with Crippen LogP contribution >= 0.6 is 11.8 Å². The Morgan fingerprint density at radius 2 is 2.29 bits per heavy atom. The number of carbonyl (C=O) groups is 1. The smallest absolute Gasteiger partial charge is 0.338 e. The number of pyridine rings is 1. The van der Waals surface area contributed by atoms with Gasteiger partial charge >= 0.3 is 5.97 Å². The Kier molecular flexibility index (Phi) is 3.14. The molecule has 0 atom stereocenters. The van der Waals surface area contributed by atoms with E-state index in [1.165, 1.54) is 12.5 Å². The van der Waals surface area contributed by atoms with Crippen LogP contribution in [0.15, 0.2) is 38.9 Å². The zero-order valence-electron chi connectivity index (χ0n) is 8.81. The fourth-order valence-corrected chi connectivity index (χ4v) is 2.08. The maximum atomic E-state index is 13.8.